The van der Waals surface area contributed by atoms with E-state index in [1.165, 1.54) is 37.2 Å². The van der Waals surface area contributed by atoms with E-state index in [2.05, 4.69) is 62.5 Å². The molecule has 3 aliphatic rings. The van der Waals surface area contributed by atoms with Crippen LogP contribution in [0.15, 0.2) is 36.5 Å². The first-order valence-electron chi connectivity index (χ1n) is 16.4. The molecule has 6 rings (SSSR count). The highest BCUT2D eigenvalue weighted by molar-refractivity contribution is 5.97. The number of ether oxygens (including phenoxy) is 1. The predicted molar refractivity (Wildman–Crippen MR) is 179 cm³/mol. The van der Waals surface area contributed by atoms with Crippen molar-refractivity contribution in [2.24, 2.45) is 5.73 Å². The predicted octanol–water partition coefficient (Wildman–Crippen LogP) is 4.06. The molecule has 0 atom stereocenters. The minimum atomic E-state index is -0.645. The number of piperidine rings is 1. The minimum Gasteiger partial charge on any atom is -0.381 e. The lowest BCUT2D eigenvalue weighted by atomic mass is 10.00. The third-order valence-corrected chi connectivity index (χ3v) is 9.51. The van der Waals surface area contributed by atoms with E-state index >= 15 is 0 Å². The summed E-state index contributed by atoms with van der Waals surface area (Å²) in [7, 11) is 2.22. The van der Waals surface area contributed by atoms with Crippen molar-refractivity contribution in [3.05, 3.63) is 53.3 Å². The monoisotopic (exact) mass is 613 g/mol. The van der Waals surface area contributed by atoms with Crippen molar-refractivity contribution >= 4 is 28.9 Å². The van der Waals surface area contributed by atoms with Crippen LogP contribution in [-0.4, -0.2) is 102 Å². The van der Waals surface area contributed by atoms with E-state index in [-0.39, 0.29) is 11.7 Å². The second-order valence-corrected chi connectivity index (χ2v) is 12.6. The van der Waals surface area contributed by atoms with Crippen molar-refractivity contribution in [1.82, 2.24) is 24.8 Å². The van der Waals surface area contributed by atoms with Gasteiger partial charge in [0.25, 0.3) is 5.91 Å². The maximum atomic E-state index is 12.7. The Kier molecular flexibility index (Phi) is 9.77. The fourth-order valence-corrected chi connectivity index (χ4v) is 6.78. The van der Waals surface area contributed by atoms with Crippen LogP contribution in [0.25, 0.3) is 11.4 Å². The zero-order chi connectivity index (χ0) is 31.3. The molecule has 1 aromatic carbocycles. The number of pyridine rings is 1. The number of piperazine rings is 1. The average molecular weight is 614 g/mol. The molecule has 0 aliphatic carbocycles. The number of nitrogens with two attached hydrogens (primary N) is 1. The first-order chi connectivity index (χ1) is 21.9. The standard InChI is InChI=1S/C34H47N9O2/c1-4-24-22-26(7-8-28(24)43-14-9-27(10-15-43)42-18-16-41(3)17-19-42)38-34-31(32(35)44)39-30(29-23(2)6-5-13-36-29)33(40-34)37-25-11-20-45-21-12-25/h5-8,13,22,25,27H,4,9-12,14-21H2,1-3H3,(H2,35,44)(H2,37,38,40). The number of amides is 1. The van der Waals surface area contributed by atoms with Gasteiger partial charge in [-0.05, 0) is 81.5 Å². The van der Waals surface area contributed by atoms with Gasteiger partial charge in [0, 0.05) is 82.1 Å². The quantitative estimate of drug-likeness (QED) is 0.325. The summed E-state index contributed by atoms with van der Waals surface area (Å²) in [6.45, 7) is 12.3. The molecule has 0 saturated carbocycles. The van der Waals surface area contributed by atoms with Crippen LogP contribution in [0.2, 0.25) is 0 Å². The number of aryl methyl sites for hydroxylation is 2. The number of nitrogens with one attached hydrogen (secondary N) is 2. The summed E-state index contributed by atoms with van der Waals surface area (Å²) < 4.78 is 5.57. The Morgan fingerprint density at radius 2 is 1.73 bits per heavy atom. The summed E-state index contributed by atoms with van der Waals surface area (Å²) >= 11 is 0. The minimum absolute atomic E-state index is 0.0840. The van der Waals surface area contributed by atoms with Gasteiger partial charge in [0.05, 0.1) is 5.69 Å². The smallest absolute Gasteiger partial charge is 0.271 e. The molecule has 0 radical (unpaired) electrons. The van der Waals surface area contributed by atoms with Gasteiger partial charge in [0.15, 0.2) is 17.3 Å². The van der Waals surface area contributed by atoms with E-state index in [0.29, 0.717) is 42.3 Å². The molecule has 2 aromatic heterocycles. The maximum absolute atomic E-state index is 12.7. The fraction of sp³-hybridized carbons (Fsp3) is 0.529. The van der Waals surface area contributed by atoms with E-state index in [9.17, 15) is 4.79 Å². The van der Waals surface area contributed by atoms with Crippen molar-refractivity contribution in [3.63, 3.8) is 0 Å². The number of rotatable bonds is 9. The number of carbonyl (C=O) groups excluding carboxylic acids is 1. The van der Waals surface area contributed by atoms with Crippen molar-refractivity contribution in [2.45, 2.75) is 58.0 Å². The molecular weight excluding hydrogens is 566 g/mol. The molecule has 0 unspecified atom stereocenters. The van der Waals surface area contributed by atoms with Crippen molar-refractivity contribution in [2.75, 3.05) is 75.1 Å². The highest BCUT2D eigenvalue weighted by Gasteiger charge is 2.28. The van der Waals surface area contributed by atoms with Gasteiger partial charge in [-0.3, -0.25) is 14.7 Å². The van der Waals surface area contributed by atoms with Crippen LogP contribution in [-0.2, 0) is 11.2 Å². The number of carbonyl (C=O) groups is 1. The van der Waals surface area contributed by atoms with E-state index in [1.54, 1.807) is 6.20 Å². The lowest BCUT2D eigenvalue weighted by molar-refractivity contribution is 0.0904. The zero-order valence-electron chi connectivity index (χ0n) is 26.9. The number of likely N-dealkylation sites (N-methyl/N-ethyl adjacent to an activating group) is 1. The second-order valence-electron chi connectivity index (χ2n) is 12.6. The third kappa shape index (κ3) is 7.21. The molecule has 0 bridgehead atoms. The van der Waals surface area contributed by atoms with Crippen LogP contribution in [0.1, 0.15) is 54.2 Å². The highest BCUT2D eigenvalue weighted by Crippen LogP contribution is 2.33. The molecule has 11 heteroatoms. The number of benzene rings is 1. The highest BCUT2D eigenvalue weighted by atomic mass is 16.5. The van der Waals surface area contributed by atoms with E-state index in [1.807, 2.05) is 19.1 Å². The number of nitrogens with zero attached hydrogens (tertiary/aromatic N) is 6. The van der Waals surface area contributed by atoms with Gasteiger partial charge in [0.2, 0.25) is 0 Å². The Hall–Kier alpha value is -3.80. The molecule has 11 nitrogen and oxygen atoms in total. The fourth-order valence-electron chi connectivity index (χ4n) is 6.78. The molecule has 45 heavy (non-hydrogen) atoms. The molecule has 240 valence electrons. The molecule has 1 amide bonds. The Labute approximate surface area is 266 Å². The van der Waals surface area contributed by atoms with Crippen molar-refractivity contribution < 1.29 is 9.53 Å². The van der Waals surface area contributed by atoms with E-state index in [0.717, 1.165) is 56.7 Å². The van der Waals surface area contributed by atoms with Gasteiger partial charge in [-0.2, -0.15) is 0 Å². The van der Waals surface area contributed by atoms with Crippen LogP contribution in [0, 0.1) is 6.92 Å². The van der Waals surface area contributed by atoms with Gasteiger partial charge in [-0.1, -0.05) is 13.0 Å². The van der Waals surface area contributed by atoms with Crippen molar-refractivity contribution in [3.8, 4) is 11.4 Å². The van der Waals surface area contributed by atoms with Gasteiger partial charge >= 0.3 is 0 Å². The average Bonchev–Trinajstić information content (AvgIpc) is 3.06. The Morgan fingerprint density at radius 1 is 0.978 bits per heavy atom. The number of primary amides is 1. The lowest BCUT2D eigenvalue weighted by Crippen LogP contribution is -2.52. The Balaban J connectivity index is 1.25. The molecular formula is C34H47N9O2. The second kappa shape index (κ2) is 14.1. The van der Waals surface area contributed by atoms with E-state index < -0.39 is 5.91 Å². The van der Waals surface area contributed by atoms with Crippen LogP contribution in [0.4, 0.5) is 23.0 Å². The summed E-state index contributed by atoms with van der Waals surface area (Å²) in [6, 6.07) is 11.1. The number of anilines is 4. The largest absolute Gasteiger partial charge is 0.381 e. The van der Waals surface area contributed by atoms with Gasteiger partial charge < -0.3 is 30.9 Å². The number of hydrogen-bond acceptors (Lipinski definition) is 10. The Morgan fingerprint density at radius 3 is 2.42 bits per heavy atom. The Bertz CT molecular complexity index is 1480. The summed E-state index contributed by atoms with van der Waals surface area (Å²) in [5, 5.41) is 6.97. The third-order valence-electron chi connectivity index (χ3n) is 9.51. The van der Waals surface area contributed by atoms with Gasteiger partial charge in [0.1, 0.15) is 5.69 Å². The van der Waals surface area contributed by atoms with Crippen LogP contribution in [0.5, 0.6) is 0 Å². The molecule has 0 spiro atoms. The van der Waals surface area contributed by atoms with Crippen LogP contribution < -0.4 is 21.3 Å². The van der Waals surface area contributed by atoms with Crippen LogP contribution >= 0.6 is 0 Å². The summed E-state index contributed by atoms with van der Waals surface area (Å²) in [6.07, 6.45) is 6.71. The van der Waals surface area contributed by atoms with E-state index in [4.69, 9.17) is 20.4 Å². The SMILES string of the molecule is CCc1cc(Nc2nc(NC3CCOCC3)c(-c3ncccc3C)nc2C(N)=O)ccc1N1CCC(N2CCN(C)CC2)CC1. The zero-order valence-corrected chi connectivity index (χ0v) is 26.9. The summed E-state index contributed by atoms with van der Waals surface area (Å²) in [5.41, 5.74) is 11.5. The molecule has 5 heterocycles. The van der Waals surface area contributed by atoms with Crippen molar-refractivity contribution in [1.29, 1.82) is 0 Å². The molecule has 3 fully saturated rings. The van der Waals surface area contributed by atoms with Crippen LogP contribution in [0.3, 0.4) is 0 Å². The topological polar surface area (TPSA) is 125 Å². The molecule has 3 aromatic rings. The van der Waals surface area contributed by atoms with Gasteiger partial charge in [-0.25, -0.2) is 9.97 Å². The first-order valence-corrected chi connectivity index (χ1v) is 16.4. The maximum Gasteiger partial charge on any atom is 0.271 e. The molecule has 3 saturated heterocycles. The summed E-state index contributed by atoms with van der Waals surface area (Å²) in [5.74, 6) is 0.261. The molecule has 4 N–H and O–H groups in total. The summed E-state index contributed by atoms with van der Waals surface area (Å²) in [4.78, 5) is 34.7. The first kappa shape index (κ1) is 31.2. The number of hydrogen-bond donors (Lipinski definition) is 3. The normalized spacial score (nSPS) is 19.0. The number of aromatic nitrogens is 3. The van der Waals surface area contributed by atoms with Gasteiger partial charge in [-0.15, -0.1) is 0 Å². The molecule has 3 aliphatic heterocycles. The lowest BCUT2D eigenvalue weighted by Gasteiger charge is -2.43.